The summed E-state index contributed by atoms with van der Waals surface area (Å²) in [5, 5.41) is 4.07. The van der Waals surface area contributed by atoms with Gasteiger partial charge in [-0.2, -0.15) is 0 Å². The van der Waals surface area contributed by atoms with E-state index in [9.17, 15) is 4.79 Å². The Morgan fingerprint density at radius 2 is 2.17 bits per heavy atom. The molecule has 0 aliphatic carbocycles. The van der Waals surface area contributed by atoms with Crippen LogP contribution in [0, 0.1) is 0 Å². The Bertz CT molecular complexity index is 839. The van der Waals surface area contributed by atoms with Crippen molar-refractivity contribution < 1.29 is 9.21 Å². The molecule has 1 aromatic carbocycles. The molecule has 0 radical (unpaired) electrons. The largest absolute Gasteiger partial charge is 0.467 e. The fraction of sp³-hybridized carbons (Fsp3) is 0.263. The van der Waals surface area contributed by atoms with Crippen LogP contribution in [0.2, 0.25) is 0 Å². The van der Waals surface area contributed by atoms with Gasteiger partial charge in [-0.1, -0.05) is 18.2 Å². The maximum absolute atomic E-state index is 12.7. The number of pyridine rings is 1. The number of hydrogen-bond donors (Lipinski definition) is 1. The molecular weight excluding hydrogens is 302 g/mol. The maximum atomic E-state index is 12.7. The van der Waals surface area contributed by atoms with Gasteiger partial charge in [0, 0.05) is 23.8 Å². The molecule has 3 aromatic rings. The monoisotopic (exact) mass is 321 g/mol. The highest BCUT2D eigenvalue weighted by Crippen LogP contribution is 2.31. The molecule has 0 spiro atoms. The van der Waals surface area contributed by atoms with Crippen molar-refractivity contribution in [3.8, 4) is 0 Å². The van der Waals surface area contributed by atoms with Crippen LogP contribution in [0.4, 0.5) is 5.69 Å². The molecule has 2 aromatic heterocycles. The van der Waals surface area contributed by atoms with Crippen molar-refractivity contribution in [3.63, 3.8) is 0 Å². The van der Waals surface area contributed by atoms with Crippen molar-refractivity contribution in [1.82, 2.24) is 10.3 Å². The summed E-state index contributed by atoms with van der Waals surface area (Å²) in [5.74, 6) is 0.812. The number of hydrogen-bond acceptors (Lipinski definition) is 4. The molecule has 122 valence electrons. The number of amides is 1. The van der Waals surface area contributed by atoms with Gasteiger partial charge in [0.2, 0.25) is 5.91 Å². The summed E-state index contributed by atoms with van der Waals surface area (Å²) >= 11 is 0. The molecule has 0 unspecified atom stereocenters. The third-order valence-corrected chi connectivity index (χ3v) is 4.51. The summed E-state index contributed by atoms with van der Waals surface area (Å²) in [6.45, 7) is 1.31. The first kappa shape index (κ1) is 14.8. The van der Waals surface area contributed by atoms with E-state index in [0.717, 1.165) is 41.7 Å². The number of para-hydroxylation sites is 1. The van der Waals surface area contributed by atoms with Crippen LogP contribution in [0.1, 0.15) is 18.6 Å². The van der Waals surface area contributed by atoms with Crippen molar-refractivity contribution in [2.45, 2.75) is 25.4 Å². The molecule has 4 rings (SSSR count). The molecule has 3 heterocycles. The van der Waals surface area contributed by atoms with E-state index in [1.807, 2.05) is 42.6 Å². The zero-order valence-corrected chi connectivity index (χ0v) is 13.3. The van der Waals surface area contributed by atoms with E-state index >= 15 is 0 Å². The van der Waals surface area contributed by atoms with Gasteiger partial charge in [0.25, 0.3) is 0 Å². The van der Waals surface area contributed by atoms with E-state index in [1.54, 1.807) is 6.26 Å². The first-order chi connectivity index (χ1) is 11.8. The highest BCUT2D eigenvalue weighted by molar-refractivity contribution is 5.95. The Morgan fingerprint density at radius 3 is 3.04 bits per heavy atom. The second-order valence-electron chi connectivity index (χ2n) is 6.00. The highest BCUT2D eigenvalue weighted by Gasteiger charge is 2.31. The van der Waals surface area contributed by atoms with Crippen LogP contribution in [0.3, 0.4) is 0 Å². The van der Waals surface area contributed by atoms with Gasteiger partial charge in [-0.15, -0.1) is 0 Å². The number of fused-ring (bicyclic) bond motifs is 1. The summed E-state index contributed by atoms with van der Waals surface area (Å²) in [4.78, 5) is 19.3. The van der Waals surface area contributed by atoms with Crippen LogP contribution in [0.15, 0.2) is 59.3 Å². The molecule has 0 saturated carbocycles. The number of anilines is 1. The van der Waals surface area contributed by atoms with Crippen LogP contribution in [-0.2, 0) is 11.3 Å². The second kappa shape index (κ2) is 6.35. The van der Waals surface area contributed by atoms with E-state index in [1.165, 1.54) is 0 Å². The van der Waals surface area contributed by atoms with E-state index in [-0.39, 0.29) is 11.9 Å². The van der Waals surface area contributed by atoms with E-state index in [0.29, 0.717) is 6.54 Å². The topological polar surface area (TPSA) is 58.4 Å². The van der Waals surface area contributed by atoms with Crippen molar-refractivity contribution in [3.05, 3.63) is 60.7 Å². The third kappa shape index (κ3) is 2.73. The van der Waals surface area contributed by atoms with Crippen molar-refractivity contribution in [1.29, 1.82) is 0 Å². The normalized spacial score (nSPS) is 17.3. The minimum atomic E-state index is -0.147. The standard InChI is InChI=1S/C19H19N3O2/c23-19(21-13-14-5-4-12-24-14)18-8-3-11-22(18)17-9-10-20-16-7-2-1-6-15(16)17/h1-2,4-7,9-10,12,18H,3,8,11,13H2,(H,21,23)/t18-/m1/s1. The molecule has 5 nitrogen and oxygen atoms in total. The fourth-order valence-corrected chi connectivity index (χ4v) is 3.36. The first-order valence-electron chi connectivity index (χ1n) is 8.23. The number of benzene rings is 1. The van der Waals surface area contributed by atoms with E-state index < -0.39 is 0 Å². The van der Waals surface area contributed by atoms with Gasteiger partial charge in [-0.05, 0) is 37.1 Å². The number of carbonyl (C=O) groups is 1. The number of nitrogens with one attached hydrogen (secondary N) is 1. The Labute approximate surface area is 140 Å². The molecule has 1 atom stereocenters. The lowest BCUT2D eigenvalue weighted by molar-refractivity contribution is -0.122. The lowest BCUT2D eigenvalue weighted by Crippen LogP contribution is -2.43. The Morgan fingerprint density at radius 1 is 1.25 bits per heavy atom. The van der Waals surface area contributed by atoms with Crippen LogP contribution < -0.4 is 10.2 Å². The van der Waals surface area contributed by atoms with Crippen LogP contribution in [0.25, 0.3) is 10.9 Å². The van der Waals surface area contributed by atoms with Crippen LogP contribution >= 0.6 is 0 Å². The minimum absolute atomic E-state index is 0.0461. The van der Waals surface area contributed by atoms with E-state index in [2.05, 4.69) is 21.3 Å². The second-order valence-corrected chi connectivity index (χ2v) is 6.00. The number of furan rings is 1. The molecule has 1 fully saturated rings. The molecule has 1 aliphatic heterocycles. The summed E-state index contributed by atoms with van der Waals surface area (Å²) in [7, 11) is 0. The zero-order valence-electron chi connectivity index (χ0n) is 13.3. The SMILES string of the molecule is O=C(NCc1ccco1)[C@H]1CCCN1c1ccnc2ccccc12. The molecule has 24 heavy (non-hydrogen) atoms. The Hall–Kier alpha value is -2.82. The number of rotatable bonds is 4. The average Bonchev–Trinajstić information content (AvgIpc) is 3.31. The molecule has 1 N–H and O–H groups in total. The van der Waals surface area contributed by atoms with Gasteiger partial charge in [0.1, 0.15) is 11.8 Å². The van der Waals surface area contributed by atoms with Crippen molar-refractivity contribution >= 4 is 22.5 Å². The van der Waals surface area contributed by atoms with Crippen LogP contribution in [-0.4, -0.2) is 23.5 Å². The maximum Gasteiger partial charge on any atom is 0.243 e. The molecular formula is C19H19N3O2. The summed E-state index contributed by atoms with van der Waals surface area (Å²) in [5.41, 5.74) is 2.04. The Balaban J connectivity index is 1.56. The molecule has 5 heteroatoms. The smallest absolute Gasteiger partial charge is 0.243 e. The van der Waals surface area contributed by atoms with Gasteiger partial charge in [-0.3, -0.25) is 9.78 Å². The molecule has 1 amide bonds. The zero-order chi connectivity index (χ0) is 16.4. The lowest BCUT2D eigenvalue weighted by Gasteiger charge is -2.27. The predicted octanol–water partition coefficient (Wildman–Crippen LogP) is 3.11. The predicted molar refractivity (Wildman–Crippen MR) is 92.7 cm³/mol. The van der Waals surface area contributed by atoms with Crippen LogP contribution in [0.5, 0.6) is 0 Å². The van der Waals surface area contributed by atoms with Gasteiger partial charge in [0.15, 0.2) is 0 Å². The minimum Gasteiger partial charge on any atom is -0.467 e. The summed E-state index contributed by atoms with van der Waals surface area (Å²) in [6, 6.07) is 13.6. The van der Waals surface area contributed by atoms with Gasteiger partial charge in [-0.25, -0.2) is 0 Å². The van der Waals surface area contributed by atoms with Gasteiger partial charge < -0.3 is 14.6 Å². The third-order valence-electron chi connectivity index (χ3n) is 4.51. The Kier molecular flexibility index (Phi) is 3.91. The number of nitrogens with zero attached hydrogens (tertiary/aromatic N) is 2. The lowest BCUT2D eigenvalue weighted by atomic mass is 10.1. The quantitative estimate of drug-likeness (QED) is 0.802. The van der Waals surface area contributed by atoms with Gasteiger partial charge in [0.05, 0.1) is 18.3 Å². The van der Waals surface area contributed by atoms with Gasteiger partial charge >= 0.3 is 0 Å². The van der Waals surface area contributed by atoms with E-state index in [4.69, 9.17) is 4.42 Å². The van der Waals surface area contributed by atoms with Crippen molar-refractivity contribution in [2.75, 3.05) is 11.4 Å². The summed E-state index contributed by atoms with van der Waals surface area (Å²) in [6.07, 6.45) is 5.30. The first-order valence-corrected chi connectivity index (χ1v) is 8.23. The number of aromatic nitrogens is 1. The molecule has 1 aliphatic rings. The van der Waals surface area contributed by atoms with Crippen molar-refractivity contribution in [2.24, 2.45) is 0 Å². The molecule has 1 saturated heterocycles. The highest BCUT2D eigenvalue weighted by atomic mass is 16.3. The number of carbonyl (C=O) groups excluding carboxylic acids is 1. The average molecular weight is 321 g/mol. The molecule has 0 bridgehead atoms. The summed E-state index contributed by atoms with van der Waals surface area (Å²) < 4.78 is 5.28. The fourth-order valence-electron chi connectivity index (χ4n) is 3.36.